The molecule has 1 aromatic heterocycles. The highest BCUT2D eigenvalue weighted by atomic mass is 32.1. The van der Waals surface area contributed by atoms with Gasteiger partial charge in [-0.15, -0.1) is 0 Å². The van der Waals surface area contributed by atoms with Gasteiger partial charge in [0.25, 0.3) is 0 Å². The quantitative estimate of drug-likeness (QED) is 0.915. The van der Waals surface area contributed by atoms with Crippen LogP contribution < -0.4 is 10.6 Å². The Morgan fingerprint density at radius 3 is 2.95 bits per heavy atom. The summed E-state index contributed by atoms with van der Waals surface area (Å²) in [5, 5.41) is 0.403. The Balaban J connectivity index is 2.02. The first-order chi connectivity index (χ1) is 9.08. The molecule has 1 atom stereocenters. The minimum absolute atomic E-state index is 0.0737. The van der Waals surface area contributed by atoms with Gasteiger partial charge >= 0.3 is 0 Å². The van der Waals surface area contributed by atoms with Crippen LogP contribution in [0.4, 0.5) is 13.9 Å². The molecule has 1 amide bonds. The molecule has 1 saturated heterocycles. The molecule has 1 aliphatic rings. The van der Waals surface area contributed by atoms with Crippen molar-refractivity contribution in [1.29, 1.82) is 0 Å². The van der Waals surface area contributed by atoms with Crippen LogP contribution in [0.2, 0.25) is 0 Å². The highest BCUT2D eigenvalue weighted by Gasteiger charge is 2.31. The lowest BCUT2D eigenvalue weighted by molar-refractivity contribution is -0.117. The molecular formula is C12H11F2N3OS. The molecule has 0 spiro atoms. The third kappa shape index (κ3) is 2.08. The number of fused-ring (bicyclic) bond motifs is 1. The van der Waals surface area contributed by atoms with Crippen LogP contribution in [-0.4, -0.2) is 24.0 Å². The van der Waals surface area contributed by atoms with Crippen molar-refractivity contribution in [3.63, 3.8) is 0 Å². The summed E-state index contributed by atoms with van der Waals surface area (Å²) in [5.41, 5.74) is 5.65. The molecule has 4 nitrogen and oxygen atoms in total. The third-order valence-electron chi connectivity index (χ3n) is 3.17. The molecule has 3 rings (SSSR count). The number of nitrogens with zero attached hydrogens (tertiary/aromatic N) is 2. The average molecular weight is 283 g/mol. The fraction of sp³-hybridized carbons (Fsp3) is 0.333. The lowest BCUT2D eigenvalue weighted by Gasteiger charge is -2.11. The number of carbonyl (C=O) groups is 1. The summed E-state index contributed by atoms with van der Waals surface area (Å²) in [6.45, 7) is 0.912. The number of anilines is 1. The first-order valence-corrected chi connectivity index (χ1v) is 6.66. The van der Waals surface area contributed by atoms with Crippen LogP contribution in [0.3, 0.4) is 0 Å². The molecule has 1 fully saturated rings. The monoisotopic (exact) mass is 283 g/mol. The van der Waals surface area contributed by atoms with Gasteiger partial charge in [-0.3, -0.25) is 9.69 Å². The van der Waals surface area contributed by atoms with Crippen LogP contribution in [0.25, 0.3) is 10.2 Å². The van der Waals surface area contributed by atoms with Crippen molar-refractivity contribution in [2.24, 2.45) is 11.7 Å². The summed E-state index contributed by atoms with van der Waals surface area (Å²) < 4.78 is 27.1. The van der Waals surface area contributed by atoms with E-state index in [-0.39, 0.29) is 17.3 Å². The molecule has 19 heavy (non-hydrogen) atoms. The van der Waals surface area contributed by atoms with Crippen molar-refractivity contribution in [2.75, 3.05) is 18.0 Å². The van der Waals surface area contributed by atoms with Gasteiger partial charge in [0.05, 0.1) is 4.70 Å². The van der Waals surface area contributed by atoms with E-state index in [9.17, 15) is 13.6 Å². The number of thiazole rings is 1. The van der Waals surface area contributed by atoms with E-state index in [0.717, 1.165) is 17.4 Å². The van der Waals surface area contributed by atoms with Crippen molar-refractivity contribution in [3.05, 3.63) is 23.8 Å². The number of benzene rings is 1. The molecule has 1 aliphatic heterocycles. The molecule has 7 heteroatoms. The Bertz CT molecular complexity index is 658. The molecular weight excluding hydrogens is 272 g/mol. The van der Waals surface area contributed by atoms with Gasteiger partial charge in [0.2, 0.25) is 5.91 Å². The van der Waals surface area contributed by atoms with E-state index in [4.69, 9.17) is 5.73 Å². The molecule has 2 N–H and O–H groups in total. The number of nitrogens with two attached hydrogens (primary N) is 1. The predicted octanol–water partition coefficient (Wildman–Crippen LogP) is 1.89. The van der Waals surface area contributed by atoms with Gasteiger partial charge in [-0.2, -0.15) is 0 Å². The normalized spacial score (nSPS) is 19.6. The first-order valence-electron chi connectivity index (χ1n) is 5.84. The zero-order valence-corrected chi connectivity index (χ0v) is 10.7. The van der Waals surface area contributed by atoms with E-state index < -0.39 is 11.6 Å². The molecule has 0 aliphatic carbocycles. The van der Waals surface area contributed by atoms with Gasteiger partial charge in [0, 0.05) is 19.0 Å². The van der Waals surface area contributed by atoms with E-state index in [1.807, 2.05) is 0 Å². The number of carbonyl (C=O) groups excluding carboxylic acids is 1. The summed E-state index contributed by atoms with van der Waals surface area (Å²) in [4.78, 5) is 17.4. The standard InChI is InChI=1S/C12H11F2N3OS/c13-7-2-8(14)11-9(3-7)19-12(16-11)17-5-6(4-15)1-10(17)18/h2-3,6H,1,4-5,15H2. The maximum atomic E-state index is 13.6. The molecule has 2 heterocycles. The van der Waals surface area contributed by atoms with E-state index in [1.54, 1.807) is 0 Å². The van der Waals surface area contributed by atoms with Gasteiger partial charge in [0.1, 0.15) is 11.3 Å². The van der Waals surface area contributed by atoms with Crippen LogP contribution in [0, 0.1) is 17.6 Å². The number of aromatic nitrogens is 1. The molecule has 1 unspecified atom stereocenters. The number of hydrogen-bond donors (Lipinski definition) is 1. The van der Waals surface area contributed by atoms with E-state index in [1.165, 1.54) is 11.0 Å². The molecule has 0 bridgehead atoms. The lowest BCUT2D eigenvalue weighted by atomic mass is 10.1. The maximum absolute atomic E-state index is 13.6. The largest absolute Gasteiger partial charge is 0.330 e. The zero-order valence-electron chi connectivity index (χ0n) is 9.90. The van der Waals surface area contributed by atoms with Crippen molar-refractivity contribution in [2.45, 2.75) is 6.42 Å². The topological polar surface area (TPSA) is 59.2 Å². The number of amides is 1. The summed E-state index contributed by atoms with van der Waals surface area (Å²) in [6.07, 6.45) is 0.378. The van der Waals surface area contributed by atoms with Crippen molar-refractivity contribution in [1.82, 2.24) is 4.98 Å². The SMILES string of the molecule is NCC1CC(=O)N(c2nc3c(F)cc(F)cc3s2)C1. The summed E-state index contributed by atoms with van der Waals surface area (Å²) in [7, 11) is 0. The van der Waals surface area contributed by atoms with Crippen molar-refractivity contribution >= 4 is 32.6 Å². The second kappa shape index (κ2) is 4.50. The summed E-state index contributed by atoms with van der Waals surface area (Å²) in [6, 6.07) is 2.01. The third-order valence-corrected chi connectivity index (χ3v) is 4.20. The van der Waals surface area contributed by atoms with Crippen molar-refractivity contribution < 1.29 is 13.6 Å². The summed E-state index contributed by atoms with van der Waals surface area (Å²) in [5.74, 6) is -1.33. The van der Waals surface area contributed by atoms with Crippen molar-refractivity contribution in [3.8, 4) is 0 Å². The minimum Gasteiger partial charge on any atom is -0.330 e. The van der Waals surface area contributed by atoms with Crippen LogP contribution in [-0.2, 0) is 4.79 Å². The second-order valence-electron chi connectivity index (χ2n) is 4.54. The highest BCUT2D eigenvalue weighted by Crippen LogP contribution is 2.33. The Kier molecular flexibility index (Phi) is 2.94. The fourth-order valence-electron chi connectivity index (χ4n) is 2.19. The Morgan fingerprint density at radius 2 is 2.26 bits per heavy atom. The maximum Gasteiger partial charge on any atom is 0.229 e. The Labute approximate surface area is 111 Å². The van der Waals surface area contributed by atoms with Gasteiger partial charge in [-0.05, 0) is 18.5 Å². The first kappa shape index (κ1) is 12.4. The van der Waals surface area contributed by atoms with Crippen LogP contribution in [0.1, 0.15) is 6.42 Å². The van der Waals surface area contributed by atoms with Crippen LogP contribution in [0.5, 0.6) is 0 Å². The number of hydrogen-bond acceptors (Lipinski definition) is 4. The Hall–Kier alpha value is -1.60. The predicted molar refractivity (Wildman–Crippen MR) is 69.1 cm³/mol. The number of rotatable bonds is 2. The lowest BCUT2D eigenvalue weighted by Crippen LogP contribution is -2.25. The van der Waals surface area contributed by atoms with E-state index in [0.29, 0.717) is 29.3 Å². The Morgan fingerprint density at radius 1 is 1.47 bits per heavy atom. The smallest absolute Gasteiger partial charge is 0.229 e. The zero-order chi connectivity index (χ0) is 13.6. The molecule has 1 aromatic carbocycles. The minimum atomic E-state index is -0.709. The molecule has 2 aromatic rings. The second-order valence-corrected chi connectivity index (χ2v) is 5.55. The molecule has 0 radical (unpaired) electrons. The highest BCUT2D eigenvalue weighted by molar-refractivity contribution is 7.22. The summed E-state index contributed by atoms with van der Waals surface area (Å²) >= 11 is 1.11. The molecule has 100 valence electrons. The fourth-order valence-corrected chi connectivity index (χ4v) is 3.22. The van der Waals surface area contributed by atoms with E-state index >= 15 is 0 Å². The van der Waals surface area contributed by atoms with Gasteiger partial charge < -0.3 is 5.73 Å². The van der Waals surface area contributed by atoms with E-state index in [2.05, 4.69) is 4.98 Å². The number of halogens is 2. The molecule has 0 saturated carbocycles. The van der Waals surface area contributed by atoms with Gasteiger partial charge in [-0.1, -0.05) is 11.3 Å². The van der Waals surface area contributed by atoms with Crippen LogP contribution >= 0.6 is 11.3 Å². The average Bonchev–Trinajstić information content (AvgIpc) is 2.92. The van der Waals surface area contributed by atoms with Gasteiger partial charge in [-0.25, -0.2) is 13.8 Å². The van der Waals surface area contributed by atoms with Crippen LogP contribution in [0.15, 0.2) is 12.1 Å². The van der Waals surface area contributed by atoms with Gasteiger partial charge in [0.15, 0.2) is 10.9 Å².